The number of hydrogen-bond donors (Lipinski definition) is 0. The zero-order valence-corrected chi connectivity index (χ0v) is 12.4. The Hall–Kier alpha value is -1.46. The highest BCUT2D eigenvalue weighted by Crippen LogP contribution is 2.20. The van der Waals surface area contributed by atoms with Gasteiger partial charge in [-0.1, -0.05) is 0 Å². The first-order valence-corrected chi connectivity index (χ1v) is 7.82. The number of carbonyl (C=O) groups is 1. The summed E-state index contributed by atoms with van der Waals surface area (Å²) in [5, 5.41) is 0. The van der Waals surface area contributed by atoms with Crippen LogP contribution in [0.1, 0.15) is 23.2 Å². The van der Waals surface area contributed by atoms with Crippen LogP contribution in [0.4, 0.5) is 0 Å². The Bertz CT molecular complexity index is 452. The lowest BCUT2D eigenvalue weighted by Crippen LogP contribution is -2.44. The third-order valence-corrected chi connectivity index (χ3v) is 4.45. The summed E-state index contributed by atoms with van der Waals surface area (Å²) in [6.07, 6.45) is 5.57. The number of ether oxygens (including phenoxy) is 1. The monoisotopic (exact) mass is 289 g/mol. The predicted octanol–water partition coefficient (Wildman–Crippen LogP) is 1.27. The van der Waals surface area contributed by atoms with Crippen molar-refractivity contribution >= 4 is 5.91 Å². The minimum absolute atomic E-state index is 0.141. The molecule has 1 aromatic heterocycles. The van der Waals surface area contributed by atoms with Gasteiger partial charge in [0.05, 0.1) is 13.2 Å². The second kappa shape index (κ2) is 7.00. The summed E-state index contributed by atoms with van der Waals surface area (Å²) in [7, 11) is 0. The number of rotatable bonds is 3. The normalized spacial score (nSPS) is 21.4. The van der Waals surface area contributed by atoms with Crippen molar-refractivity contribution < 1.29 is 9.53 Å². The van der Waals surface area contributed by atoms with Crippen molar-refractivity contribution in [1.82, 2.24) is 14.8 Å². The van der Waals surface area contributed by atoms with Crippen molar-refractivity contribution in [1.29, 1.82) is 0 Å². The number of pyridine rings is 1. The molecule has 1 amide bonds. The number of carbonyl (C=O) groups excluding carboxylic acids is 1. The van der Waals surface area contributed by atoms with E-state index in [1.165, 1.54) is 0 Å². The van der Waals surface area contributed by atoms with E-state index in [0.717, 1.165) is 64.3 Å². The van der Waals surface area contributed by atoms with Crippen LogP contribution >= 0.6 is 0 Å². The Morgan fingerprint density at radius 3 is 2.48 bits per heavy atom. The average Bonchev–Trinajstić information content (AvgIpc) is 2.57. The van der Waals surface area contributed by atoms with Crippen molar-refractivity contribution in [3.8, 4) is 0 Å². The summed E-state index contributed by atoms with van der Waals surface area (Å²) >= 11 is 0. The Kier molecular flexibility index (Phi) is 4.83. The molecule has 3 heterocycles. The molecule has 2 fully saturated rings. The van der Waals surface area contributed by atoms with E-state index in [1.807, 2.05) is 4.90 Å². The molecular formula is C16H23N3O2. The van der Waals surface area contributed by atoms with Gasteiger partial charge in [-0.3, -0.25) is 14.7 Å². The summed E-state index contributed by atoms with van der Waals surface area (Å²) in [5.74, 6) is 0.854. The van der Waals surface area contributed by atoms with Gasteiger partial charge in [0.2, 0.25) is 0 Å². The predicted molar refractivity (Wildman–Crippen MR) is 80.1 cm³/mol. The molecule has 21 heavy (non-hydrogen) atoms. The number of piperidine rings is 1. The number of aromatic nitrogens is 1. The van der Waals surface area contributed by atoms with Crippen LogP contribution in [0.15, 0.2) is 24.5 Å². The van der Waals surface area contributed by atoms with E-state index >= 15 is 0 Å². The van der Waals surface area contributed by atoms with Gasteiger partial charge < -0.3 is 9.64 Å². The molecule has 0 radical (unpaired) electrons. The molecule has 0 bridgehead atoms. The van der Waals surface area contributed by atoms with E-state index in [-0.39, 0.29) is 5.91 Å². The van der Waals surface area contributed by atoms with Gasteiger partial charge in [-0.25, -0.2) is 0 Å². The van der Waals surface area contributed by atoms with E-state index in [9.17, 15) is 4.79 Å². The van der Waals surface area contributed by atoms with Gasteiger partial charge in [0.25, 0.3) is 5.91 Å². The summed E-state index contributed by atoms with van der Waals surface area (Å²) < 4.78 is 5.39. The van der Waals surface area contributed by atoms with Gasteiger partial charge in [0.15, 0.2) is 0 Å². The van der Waals surface area contributed by atoms with Crippen LogP contribution in [0.25, 0.3) is 0 Å². The lowest BCUT2D eigenvalue weighted by molar-refractivity contribution is 0.0243. The van der Waals surface area contributed by atoms with Crippen molar-refractivity contribution in [2.45, 2.75) is 12.8 Å². The molecule has 0 aliphatic carbocycles. The lowest BCUT2D eigenvalue weighted by atomic mass is 9.95. The Morgan fingerprint density at radius 2 is 1.81 bits per heavy atom. The van der Waals surface area contributed by atoms with Crippen LogP contribution in [0, 0.1) is 5.92 Å². The van der Waals surface area contributed by atoms with Crippen molar-refractivity contribution in [2.24, 2.45) is 5.92 Å². The highest BCUT2D eigenvalue weighted by atomic mass is 16.5. The quantitative estimate of drug-likeness (QED) is 0.840. The maximum absolute atomic E-state index is 12.4. The zero-order chi connectivity index (χ0) is 14.5. The van der Waals surface area contributed by atoms with E-state index < -0.39 is 0 Å². The van der Waals surface area contributed by atoms with E-state index in [0.29, 0.717) is 5.92 Å². The molecule has 2 aliphatic rings. The van der Waals surface area contributed by atoms with Gasteiger partial charge in [-0.15, -0.1) is 0 Å². The fraction of sp³-hybridized carbons (Fsp3) is 0.625. The van der Waals surface area contributed by atoms with E-state index in [1.54, 1.807) is 24.5 Å². The largest absolute Gasteiger partial charge is 0.379 e. The number of nitrogens with zero attached hydrogens (tertiary/aromatic N) is 3. The molecule has 1 aromatic rings. The molecule has 3 rings (SSSR count). The fourth-order valence-electron chi connectivity index (χ4n) is 3.14. The fourth-order valence-corrected chi connectivity index (χ4v) is 3.14. The summed E-state index contributed by atoms with van der Waals surface area (Å²) in [6.45, 7) is 6.72. The number of morpholine rings is 1. The highest BCUT2D eigenvalue weighted by molar-refractivity contribution is 5.94. The molecule has 114 valence electrons. The molecule has 0 unspecified atom stereocenters. The second-order valence-corrected chi connectivity index (χ2v) is 5.88. The zero-order valence-electron chi connectivity index (χ0n) is 12.4. The molecular weight excluding hydrogens is 266 g/mol. The SMILES string of the molecule is O=C(c1ccncc1)N1CCC(CN2CCOCC2)CC1. The summed E-state index contributed by atoms with van der Waals surface area (Å²) in [6, 6.07) is 3.59. The number of amides is 1. The molecule has 5 nitrogen and oxygen atoms in total. The molecule has 2 saturated heterocycles. The molecule has 0 aromatic carbocycles. The van der Waals surface area contributed by atoms with Crippen molar-refractivity contribution in [3.63, 3.8) is 0 Å². The third kappa shape index (κ3) is 3.80. The van der Waals surface area contributed by atoms with Crippen LogP contribution in [-0.4, -0.2) is 66.6 Å². The minimum atomic E-state index is 0.141. The smallest absolute Gasteiger partial charge is 0.253 e. The summed E-state index contributed by atoms with van der Waals surface area (Å²) in [5.41, 5.74) is 0.747. The highest BCUT2D eigenvalue weighted by Gasteiger charge is 2.25. The summed E-state index contributed by atoms with van der Waals surface area (Å²) in [4.78, 5) is 20.8. The maximum atomic E-state index is 12.4. The van der Waals surface area contributed by atoms with Gasteiger partial charge in [0, 0.05) is 50.7 Å². The third-order valence-electron chi connectivity index (χ3n) is 4.45. The van der Waals surface area contributed by atoms with Crippen molar-refractivity contribution in [2.75, 3.05) is 45.9 Å². The van der Waals surface area contributed by atoms with Gasteiger partial charge in [-0.05, 0) is 30.9 Å². The lowest BCUT2D eigenvalue weighted by Gasteiger charge is -2.36. The first-order valence-electron chi connectivity index (χ1n) is 7.82. The van der Waals surface area contributed by atoms with Crippen LogP contribution in [-0.2, 0) is 4.74 Å². The first kappa shape index (κ1) is 14.5. The van der Waals surface area contributed by atoms with Gasteiger partial charge >= 0.3 is 0 Å². The van der Waals surface area contributed by atoms with Crippen LogP contribution < -0.4 is 0 Å². The average molecular weight is 289 g/mol. The standard InChI is InChI=1S/C16H23N3O2/c20-16(15-1-5-17-6-2-15)19-7-3-14(4-8-19)13-18-9-11-21-12-10-18/h1-2,5-6,14H,3-4,7-13H2. The second-order valence-electron chi connectivity index (χ2n) is 5.88. The van der Waals surface area contributed by atoms with E-state index in [2.05, 4.69) is 9.88 Å². The molecule has 0 saturated carbocycles. The van der Waals surface area contributed by atoms with Gasteiger partial charge in [-0.2, -0.15) is 0 Å². The molecule has 0 atom stereocenters. The Labute approximate surface area is 125 Å². The number of likely N-dealkylation sites (tertiary alicyclic amines) is 1. The molecule has 5 heteroatoms. The topological polar surface area (TPSA) is 45.7 Å². The van der Waals surface area contributed by atoms with Crippen LogP contribution in [0.2, 0.25) is 0 Å². The molecule has 2 aliphatic heterocycles. The minimum Gasteiger partial charge on any atom is -0.379 e. The van der Waals surface area contributed by atoms with Crippen LogP contribution in [0.5, 0.6) is 0 Å². The Morgan fingerprint density at radius 1 is 1.14 bits per heavy atom. The maximum Gasteiger partial charge on any atom is 0.253 e. The van der Waals surface area contributed by atoms with Crippen LogP contribution in [0.3, 0.4) is 0 Å². The first-order chi connectivity index (χ1) is 10.3. The van der Waals surface area contributed by atoms with Gasteiger partial charge in [0.1, 0.15) is 0 Å². The number of hydrogen-bond acceptors (Lipinski definition) is 4. The van der Waals surface area contributed by atoms with E-state index in [4.69, 9.17) is 4.74 Å². The Balaban J connectivity index is 1.47. The molecule has 0 N–H and O–H groups in total. The molecule has 0 spiro atoms. The van der Waals surface area contributed by atoms with Crippen molar-refractivity contribution in [3.05, 3.63) is 30.1 Å².